The van der Waals surface area contributed by atoms with E-state index in [1.54, 1.807) is 0 Å². The molecule has 0 aliphatic heterocycles. The highest BCUT2D eigenvalue weighted by molar-refractivity contribution is 5.77. The number of nitrogens with two attached hydrogens (primary N) is 2. The van der Waals surface area contributed by atoms with Crippen molar-refractivity contribution in [1.82, 2.24) is 0 Å². The standard InChI is InChI=1S/C24H34N2O2/c1-15-11-21(16(2)22(26)12-15)23(27)28-24-10-9-19(7-8-20(24)13-24)18-5-3-17(14-25)4-6-18/h7,9-12,16-18,20-21H,3-6,8,13-14,25-26H2,1-2H3. The second-order valence-corrected chi connectivity index (χ2v) is 9.37. The highest BCUT2D eigenvalue weighted by Gasteiger charge is 2.56. The molecule has 0 amide bonds. The van der Waals surface area contributed by atoms with Crippen molar-refractivity contribution in [2.24, 2.45) is 41.1 Å². The van der Waals surface area contributed by atoms with Crippen LogP contribution in [0.1, 0.15) is 52.4 Å². The number of fused-ring (bicyclic) bond motifs is 1. The highest BCUT2D eigenvalue weighted by atomic mass is 16.6. The van der Waals surface area contributed by atoms with Crippen LogP contribution >= 0.6 is 0 Å². The van der Waals surface area contributed by atoms with E-state index in [-0.39, 0.29) is 17.8 Å². The first-order valence-electron chi connectivity index (χ1n) is 10.9. The zero-order chi connectivity index (χ0) is 19.9. The summed E-state index contributed by atoms with van der Waals surface area (Å²) in [6.07, 6.45) is 17.6. The lowest BCUT2D eigenvalue weighted by Gasteiger charge is -2.28. The fourth-order valence-electron chi connectivity index (χ4n) is 5.19. The van der Waals surface area contributed by atoms with Crippen LogP contribution in [0.15, 0.2) is 47.2 Å². The molecular formula is C24H34N2O2. The Morgan fingerprint density at radius 2 is 2.04 bits per heavy atom. The van der Waals surface area contributed by atoms with E-state index in [9.17, 15) is 4.79 Å². The van der Waals surface area contributed by atoms with Crippen LogP contribution in [-0.2, 0) is 9.53 Å². The van der Waals surface area contributed by atoms with Gasteiger partial charge in [-0.2, -0.15) is 0 Å². The van der Waals surface area contributed by atoms with E-state index >= 15 is 0 Å². The molecule has 4 aliphatic rings. The van der Waals surface area contributed by atoms with E-state index in [2.05, 4.69) is 18.2 Å². The largest absolute Gasteiger partial charge is 0.454 e. The van der Waals surface area contributed by atoms with Gasteiger partial charge in [0.2, 0.25) is 0 Å². The maximum atomic E-state index is 13.0. The summed E-state index contributed by atoms with van der Waals surface area (Å²) in [5.41, 5.74) is 14.8. The molecule has 0 radical (unpaired) electrons. The molecule has 152 valence electrons. The number of allylic oxidation sites excluding steroid dienone is 6. The molecule has 4 nitrogen and oxygen atoms in total. The Labute approximate surface area is 168 Å². The van der Waals surface area contributed by atoms with E-state index in [0.717, 1.165) is 30.7 Å². The quantitative estimate of drug-likeness (QED) is 0.721. The molecule has 0 spiro atoms. The molecule has 28 heavy (non-hydrogen) atoms. The average Bonchev–Trinajstić information content (AvgIpc) is 3.39. The van der Waals surface area contributed by atoms with Gasteiger partial charge >= 0.3 is 5.97 Å². The molecule has 0 bridgehead atoms. The zero-order valence-corrected chi connectivity index (χ0v) is 17.2. The normalized spacial score (nSPS) is 39.8. The van der Waals surface area contributed by atoms with Gasteiger partial charge in [0.05, 0.1) is 5.92 Å². The lowest BCUT2D eigenvalue weighted by molar-refractivity contribution is -0.153. The third-order valence-corrected chi connectivity index (χ3v) is 7.41. The van der Waals surface area contributed by atoms with Crippen molar-refractivity contribution in [2.45, 2.75) is 58.0 Å². The van der Waals surface area contributed by atoms with Gasteiger partial charge in [0, 0.05) is 17.5 Å². The summed E-state index contributed by atoms with van der Waals surface area (Å²) < 4.78 is 6.11. The molecule has 0 aromatic rings. The Morgan fingerprint density at radius 1 is 1.29 bits per heavy atom. The average molecular weight is 383 g/mol. The SMILES string of the molecule is CC1=CC(C(=O)OC23C=CC(C4CCC(CN)CC4)=CCC2C3)C(C)C(N)=C1. The summed E-state index contributed by atoms with van der Waals surface area (Å²) in [5.74, 6) is 1.33. The molecule has 0 aromatic carbocycles. The Bertz CT molecular complexity index is 755. The van der Waals surface area contributed by atoms with Crippen LogP contribution < -0.4 is 11.5 Å². The van der Waals surface area contributed by atoms with Gasteiger partial charge in [-0.25, -0.2) is 0 Å². The van der Waals surface area contributed by atoms with Gasteiger partial charge in [-0.3, -0.25) is 4.79 Å². The van der Waals surface area contributed by atoms with Gasteiger partial charge in [-0.1, -0.05) is 30.7 Å². The van der Waals surface area contributed by atoms with E-state index in [1.165, 1.54) is 31.3 Å². The molecule has 2 saturated carbocycles. The number of esters is 1. The Morgan fingerprint density at radius 3 is 2.75 bits per heavy atom. The van der Waals surface area contributed by atoms with Crippen LogP contribution in [0.4, 0.5) is 0 Å². The van der Waals surface area contributed by atoms with Gasteiger partial charge in [0.1, 0.15) is 5.60 Å². The summed E-state index contributed by atoms with van der Waals surface area (Å²) in [6.45, 7) is 4.80. The number of carbonyl (C=O) groups is 1. The maximum Gasteiger partial charge on any atom is 0.314 e. The molecule has 0 heterocycles. The molecule has 4 rings (SSSR count). The lowest BCUT2D eigenvalue weighted by atomic mass is 9.78. The topological polar surface area (TPSA) is 78.3 Å². The van der Waals surface area contributed by atoms with Gasteiger partial charge in [-0.15, -0.1) is 0 Å². The van der Waals surface area contributed by atoms with Crippen LogP contribution in [-0.4, -0.2) is 18.1 Å². The van der Waals surface area contributed by atoms with Crippen LogP contribution in [0.2, 0.25) is 0 Å². The van der Waals surface area contributed by atoms with E-state index in [1.807, 2.05) is 26.0 Å². The van der Waals surface area contributed by atoms with Crippen molar-refractivity contribution in [3.63, 3.8) is 0 Å². The number of carbonyl (C=O) groups excluding carboxylic acids is 1. The summed E-state index contributed by atoms with van der Waals surface area (Å²) in [7, 11) is 0. The summed E-state index contributed by atoms with van der Waals surface area (Å²) in [4.78, 5) is 13.0. The Hall–Kier alpha value is -1.81. The zero-order valence-electron chi connectivity index (χ0n) is 17.2. The monoisotopic (exact) mass is 382 g/mol. The maximum absolute atomic E-state index is 13.0. The van der Waals surface area contributed by atoms with Crippen molar-refractivity contribution < 1.29 is 9.53 Å². The minimum absolute atomic E-state index is 0.00836. The second kappa shape index (κ2) is 7.55. The predicted octanol–water partition coefficient (Wildman–Crippen LogP) is 3.99. The second-order valence-electron chi connectivity index (χ2n) is 9.37. The molecule has 0 aromatic heterocycles. The van der Waals surface area contributed by atoms with Crippen LogP contribution in [0.5, 0.6) is 0 Å². The van der Waals surface area contributed by atoms with Crippen molar-refractivity contribution >= 4 is 5.97 Å². The van der Waals surface area contributed by atoms with Crippen molar-refractivity contribution in [2.75, 3.05) is 6.54 Å². The first kappa shape index (κ1) is 19.5. The fraction of sp³-hybridized carbons (Fsp3) is 0.625. The summed E-state index contributed by atoms with van der Waals surface area (Å²) in [5, 5.41) is 0. The van der Waals surface area contributed by atoms with Gasteiger partial charge < -0.3 is 16.2 Å². The molecule has 4 N–H and O–H groups in total. The number of hydrogen-bond donors (Lipinski definition) is 2. The predicted molar refractivity (Wildman–Crippen MR) is 112 cm³/mol. The van der Waals surface area contributed by atoms with E-state index in [0.29, 0.717) is 17.8 Å². The van der Waals surface area contributed by atoms with E-state index in [4.69, 9.17) is 16.2 Å². The van der Waals surface area contributed by atoms with Crippen LogP contribution in [0, 0.1) is 29.6 Å². The highest BCUT2D eigenvalue weighted by Crippen LogP contribution is 2.53. The van der Waals surface area contributed by atoms with Gasteiger partial charge in [0.25, 0.3) is 0 Å². The molecule has 4 heteroatoms. The lowest BCUT2D eigenvalue weighted by Crippen LogP contribution is -2.32. The minimum atomic E-state index is -0.402. The molecule has 4 unspecified atom stereocenters. The molecular weight excluding hydrogens is 348 g/mol. The molecule has 0 saturated heterocycles. The number of hydrogen-bond acceptors (Lipinski definition) is 4. The number of ether oxygens (including phenoxy) is 1. The third-order valence-electron chi connectivity index (χ3n) is 7.41. The van der Waals surface area contributed by atoms with Crippen molar-refractivity contribution in [3.8, 4) is 0 Å². The minimum Gasteiger partial charge on any atom is -0.454 e. The van der Waals surface area contributed by atoms with Gasteiger partial charge in [-0.05, 0) is 81.6 Å². The smallest absolute Gasteiger partial charge is 0.314 e. The summed E-state index contributed by atoms with van der Waals surface area (Å²) in [6, 6.07) is 0. The number of rotatable bonds is 4. The Balaban J connectivity index is 1.41. The third kappa shape index (κ3) is 3.71. The van der Waals surface area contributed by atoms with Crippen LogP contribution in [0.3, 0.4) is 0 Å². The van der Waals surface area contributed by atoms with Crippen LogP contribution in [0.25, 0.3) is 0 Å². The van der Waals surface area contributed by atoms with E-state index < -0.39 is 5.60 Å². The molecule has 4 aliphatic carbocycles. The first-order chi connectivity index (χ1) is 13.4. The van der Waals surface area contributed by atoms with Gasteiger partial charge in [0.15, 0.2) is 0 Å². The molecule has 4 atom stereocenters. The summed E-state index contributed by atoms with van der Waals surface area (Å²) >= 11 is 0. The van der Waals surface area contributed by atoms with Crippen molar-refractivity contribution in [3.05, 3.63) is 47.2 Å². The Kier molecular flexibility index (Phi) is 5.26. The van der Waals surface area contributed by atoms with Crippen molar-refractivity contribution in [1.29, 1.82) is 0 Å². The fourth-order valence-corrected chi connectivity index (χ4v) is 5.19. The first-order valence-corrected chi connectivity index (χ1v) is 10.9. The molecule has 2 fully saturated rings.